The van der Waals surface area contributed by atoms with Gasteiger partial charge >= 0.3 is 5.97 Å². The maximum absolute atomic E-state index is 13.0. The number of carbonyl (C=O) groups excluding carboxylic acids is 1. The zero-order valence-corrected chi connectivity index (χ0v) is 20.4. The summed E-state index contributed by atoms with van der Waals surface area (Å²) in [6, 6.07) is 19.7. The number of benzene rings is 2. The van der Waals surface area contributed by atoms with E-state index in [1.807, 2.05) is 59.9 Å². The number of aryl methyl sites for hydroxylation is 1. The highest BCUT2D eigenvalue weighted by atomic mass is 16.4. The molecule has 2 aromatic heterocycles. The van der Waals surface area contributed by atoms with E-state index < -0.39 is 17.9 Å². The van der Waals surface area contributed by atoms with Crippen molar-refractivity contribution in [3.63, 3.8) is 0 Å². The number of hydrogen-bond acceptors (Lipinski definition) is 4. The van der Waals surface area contributed by atoms with Crippen LogP contribution < -0.4 is 10.6 Å². The number of pyridine rings is 1. The smallest absolute Gasteiger partial charge is 0.326 e. The Morgan fingerprint density at radius 1 is 1.03 bits per heavy atom. The molecule has 0 radical (unpaired) electrons. The highest BCUT2D eigenvalue weighted by Gasteiger charge is 2.23. The normalized spacial score (nSPS) is 12.3. The number of aromatic nitrogens is 2. The van der Waals surface area contributed by atoms with Gasteiger partial charge in [-0.1, -0.05) is 54.1 Å². The lowest BCUT2D eigenvalue weighted by Crippen LogP contribution is -2.42. The van der Waals surface area contributed by atoms with Crippen LogP contribution in [0.15, 0.2) is 72.9 Å². The summed E-state index contributed by atoms with van der Waals surface area (Å²) in [5.41, 5.74) is 4.45. The zero-order chi connectivity index (χ0) is 25.2. The molecule has 0 aliphatic carbocycles. The summed E-state index contributed by atoms with van der Waals surface area (Å²) >= 11 is 0. The standard InChI is InChI=1S/C28H30N4O3/c1-18-9-8-12-20(15-18)24-25(31-28(2,3)4)32-14-13-21(17-23(32)30-24)26(33)29-22(27(34)35)16-19-10-6-5-7-11-19/h5-15,17,22,31H,16H2,1-4H3,(H,29,33)(H,34,35). The largest absolute Gasteiger partial charge is 0.480 e. The Labute approximate surface area is 204 Å². The predicted octanol–water partition coefficient (Wildman–Crippen LogP) is 4.95. The quantitative estimate of drug-likeness (QED) is 0.355. The Kier molecular flexibility index (Phi) is 6.60. The lowest BCUT2D eigenvalue weighted by atomic mass is 10.1. The third-order valence-electron chi connectivity index (χ3n) is 5.56. The number of rotatable bonds is 7. The van der Waals surface area contributed by atoms with Crippen molar-refractivity contribution in [2.45, 2.75) is 45.7 Å². The van der Waals surface area contributed by atoms with Gasteiger partial charge in [-0.3, -0.25) is 9.20 Å². The molecular formula is C28H30N4O3. The number of carboxylic acid groups (broad SMARTS) is 1. The molecule has 0 bridgehead atoms. The number of carboxylic acids is 1. The molecule has 7 heteroatoms. The van der Waals surface area contributed by atoms with Crippen molar-refractivity contribution < 1.29 is 14.7 Å². The van der Waals surface area contributed by atoms with E-state index in [2.05, 4.69) is 37.5 Å². The van der Waals surface area contributed by atoms with Crippen molar-refractivity contribution in [3.05, 3.63) is 89.6 Å². The number of anilines is 1. The highest BCUT2D eigenvalue weighted by Crippen LogP contribution is 2.31. The minimum atomic E-state index is -1.08. The predicted molar refractivity (Wildman–Crippen MR) is 138 cm³/mol. The SMILES string of the molecule is Cc1cccc(-c2nc3cc(C(=O)NC(Cc4ccccc4)C(=O)O)ccn3c2NC(C)(C)C)c1. The van der Waals surface area contributed by atoms with Crippen LogP contribution in [0.3, 0.4) is 0 Å². The van der Waals surface area contributed by atoms with E-state index >= 15 is 0 Å². The minimum absolute atomic E-state index is 0.199. The second kappa shape index (κ2) is 9.62. The molecule has 2 heterocycles. The van der Waals surface area contributed by atoms with Crippen LogP contribution >= 0.6 is 0 Å². The van der Waals surface area contributed by atoms with Gasteiger partial charge in [0.15, 0.2) is 0 Å². The van der Waals surface area contributed by atoms with Crippen LogP contribution in [0.25, 0.3) is 16.9 Å². The number of hydrogen-bond donors (Lipinski definition) is 3. The van der Waals surface area contributed by atoms with E-state index in [9.17, 15) is 14.7 Å². The van der Waals surface area contributed by atoms with E-state index in [1.165, 1.54) is 0 Å². The maximum Gasteiger partial charge on any atom is 0.326 e. The highest BCUT2D eigenvalue weighted by molar-refractivity contribution is 5.97. The molecule has 7 nitrogen and oxygen atoms in total. The zero-order valence-electron chi connectivity index (χ0n) is 20.4. The lowest BCUT2D eigenvalue weighted by Gasteiger charge is -2.22. The van der Waals surface area contributed by atoms with Gasteiger partial charge in [0, 0.05) is 29.3 Å². The molecule has 0 saturated heterocycles. The van der Waals surface area contributed by atoms with E-state index in [-0.39, 0.29) is 12.0 Å². The third-order valence-corrected chi connectivity index (χ3v) is 5.56. The number of fused-ring (bicyclic) bond motifs is 1. The van der Waals surface area contributed by atoms with E-state index in [0.29, 0.717) is 11.2 Å². The molecule has 0 fully saturated rings. The number of amides is 1. The second-order valence-corrected chi connectivity index (χ2v) is 9.75. The van der Waals surface area contributed by atoms with Crippen molar-refractivity contribution >= 4 is 23.3 Å². The summed E-state index contributed by atoms with van der Waals surface area (Å²) < 4.78 is 1.92. The molecule has 0 aliphatic rings. The summed E-state index contributed by atoms with van der Waals surface area (Å²) in [5, 5.41) is 15.8. The maximum atomic E-state index is 13.0. The molecule has 1 unspecified atom stereocenters. The monoisotopic (exact) mass is 470 g/mol. The molecule has 0 spiro atoms. The number of aliphatic carboxylic acids is 1. The molecule has 0 saturated carbocycles. The number of nitrogens with zero attached hydrogens (tertiary/aromatic N) is 2. The van der Waals surface area contributed by atoms with Crippen molar-refractivity contribution in [2.24, 2.45) is 0 Å². The minimum Gasteiger partial charge on any atom is -0.480 e. The van der Waals surface area contributed by atoms with E-state index in [4.69, 9.17) is 4.98 Å². The first-order chi connectivity index (χ1) is 16.6. The van der Waals surface area contributed by atoms with Gasteiger partial charge < -0.3 is 15.7 Å². The van der Waals surface area contributed by atoms with Crippen LogP contribution in [0.1, 0.15) is 42.3 Å². The molecule has 1 atom stereocenters. The molecule has 35 heavy (non-hydrogen) atoms. The Bertz CT molecular complexity index is 1370. The lowest BCUT2D eigenvalue weighted by molar-refractivity contribution is -0.139. The van der Waals surface area contributed by atoms with Gasteiger partial charge in [0.1, 0.15) is 23.2 Å². The Morgan fingerprint density at radius 2 is 1.77 bits per heavy atom. The van der Waals surface area contributed by atoms with Crippen LogP contribution in [0, 0.1) is 6.92 Å². The van der Waals surface area contributed by atoms with Gasteiger partial charge in [-0.2, -0.15) is 0 Å². The summed E-state index contributed by atoms with van der Waals surface area (Å²) in [6.07, 6.45) is 1.99. The third kappa shape index (κ3) is 5.69. The van der Waals surface area contributed by atoms with Crippen molar-refractivity contribution in [1.29, 1.82) is 0 Å². The first kappa shape index (κ1) is 24.0. The topological polar surface area (TPSA) is 95.7 Å². The second-order valence-electron chi connectivity index (χ2n) is 9.75. The number of nitrogens with one attached hydrogen (secondary N) is 2. The fourth-order valence-corrected chi connectivity index (χ4v) is 3.95. The van der Waals surface area contributed by atoms with Crippen LogP contribution in [-0.2, 0) is 11.2 Å². The average molecular weight is 471 g/mol. The molecule has 2 aromatic carbocycles. The van der Waals surface area contributed by atoms with Crippen molar-refractivity contribution in [1.82, 2.24) is 14.7 Å². The Balaban J connectivity index is 1.68. The van der Waals surface area contributed by atoms with E-state index in [1.54, 1.807) is 18.3 Å². The summed E-state index contributed by atoms with van der Waals surface area (Å²) in [4.78, 5) is 29.6. The summed E-state index contributed by atoms with van der Waals surface area (Å²) in [5.74, 6) is -0.707. The fraction of sp³-hybridized carbons (Fsp3) is 0.250. The van der Waals surface area contributed by atoms with Gasteiger partial charge in [0.25, 0.3) is 5.91 Å². The van der Waals surface area contributed by atoms with Crippen LogP contribution in [-0.4, -0.2) is 37.9 Å². The average Bonchev–Trinajstić information content (AvgIpc) is 3.15. The van der Waals surface area contributed by atoms with Gasteiger partial charge in [-0.15, -0.1) is 0 Å². The van der Waals surface area contributed by atoms with Crippen LogP contribution in [0.4, 0.5) is 5.82 Å². The Morgan fingerprint density at radius 3 is 2.43 bits per heavy atom. The van der Waals surface area contributed by atoms with Crippen LogP contribution in [0.5, 0.6) is 0 Å². The first-order valence-electron chi connectivity index (χ1n) is 11.6. The van der Waals surface area contributed by atoms with Gasteiger partial charge in [-0.05, 0) is 51.5 Å². The number of imidazole rings is 1. The summed E-state index contributed by atoms with van der Waals surface area (Å²) in [7, 11) is 0. The van der Waals surface area contributed by atoms with Crippen LogP contribution in [0.2, 0.25) is 0 Å². The molecule has 1 amide bonds. The molecular weight excluding hydrogens is 440 g/mol. The number of carbonyl (C=O) groups is 2. The molecule has 180 valence electrons. The molecule has 4 aromatic rings. The molecule has 4 rings (SSSR count). The van der Waals surface area contributed by atoms with Crippen molar-refractivity contribution in [3.8, 4) is 11.3 Å². The van der Waals surface area contributed by atoms with Crippen molar-refractivity contribution in [2.75, 3.05) is 5.32 Å². The summed E-state index contributed by atoms with van der Waals surface area (Å²) in [6.45, 7) is 8.26. The first-order valence-corrected chi connectivity index (χ1v) is 11.6. The van der Waals surface area contributed by atoms with E-state index in [0.717, 1.165) is 28.2 Å². The fourth-order valence-electron chi connectivity index (χ4n) is 3.95. The van der Waals surface area contributed by atoms with Gasteiger partial charge in [0.2, 0.25) is 0 Å². The molecule has 3 N–H and O–H groups in total. The van der Waals surface area contributed by atoms with Gasteiger partial charge in [-0.25, -0.2) is 9.78 Å². The Hall–Kier alpha value is -4.13. The molecule has 0 aliphatic heterocycles. The van der Waals surface area contributed by atoms with Gasteiger partial charge in [0.05, 0.1) is 0 Å².